The van der Waals surface area contributed by atoms with Gasteiger partial charge < -0.3 is 4.90 Å². The van der Waals surface area contributed by atoms with Gasteiger partial charge in [0, 0.05) is 25.4 Å². The third-order valence-corrected chi connectivity index (χ3v) is 2.03. The zero-order chi connectivity index (χ0) is 10.6. The summed E-state index contributed by atoms with van der Waals surface area (Å²) < 4.78 is 0. The minimum absolute atomic E-state index is 0.0851. The highest BCUT2D eigenvalue weighted by atomic mass is 16.6. The van der Waals surface area contributed by atoms with Crippen molar-refractivity contribution >= 4 is 11.5 Å². The van der Waals surface area contributed by atoms with Gasteiger partial charge in [0.15, 0.2) is 0 Å². The van der Waals surface area contributed by atoms with E-state index in [-0.39, 0.29) is 5.69 Å². The maximum Gasteiger partial charge on any atom is 0.274 e. The van der Waals surface area contributed by atoms with E-state index < -0.39 is 4.92 Å². The van der Waals surface area contributed by atoms with E-state index in [4.69, 9.17) is 0 Å². The number of aromatic nitrogens is 1. The number of hydrogen-bond acceptors (Lipinski definition) is 4. The molecular weight excluding hydrogens is 182 g/mol. The highest BCUT2D eigenvalue weighted by Gasteiger charge is 2.09. The van der Waals surface area contributed by atoms with Gasteiger partial charge in [-0.1, -0.05) is 0 Å². The molecular formula is C9H13N3O2. The molecule has 0 fully saturated rings. The van der Waals surface area contributed by atoms with Crippen LogP contribution >= 0.6 is 0 Å². The van der Waals surface area contributed by atoms with E-state index in [2.05, 4.69) is 4.98 Å². The van der Waals surface area contributed by atoms with Crippen molar-refractivity contribution in [3.8, 4) is 0 Å². The van der Waals surface area contributed by atoms with E-state index in [1.807, 2.05) is 18.7 Å². The van der Waals surface area contributed by atoms with Crippen molar-refractivity contribution < 1.29 is 4.92 Å². The third kappa shape index (κ3) is 2.18. The van der Waals surface area contributed by atoms with Gasteiger partial charge in [-0.25, -0.2) is 4.98 Å². The van der Waals surface area contributed by atoms with Crippen molar-refractivity contribution in [2.75, 3.05) is 18.0 Å². The molecule has 0 aromatic carbocycles. The SMILES string of the molecule is CCN(CC)c1cc([N+](=O)[O-])ccn1. The molecule has 0 aliphatic rings. The second-order valence-corrected chi connectivity index (χ2v) is 2.80. The summed E-state index contributed by atoms with van der Waals surface area (Å²) in [5, 5.41) is 10.5. The first-order chi connectivity index (χ1) is 6.69. The Balaban J connectivity index is 2.98. The second kappa shape index (κ2) is 4.55. The van der Waals surface area contributed by atoms with Crippen molar-refractivity contribution in [1.29, 1.82) is 0 Å². The lowest BCUT2D eigenvalue weighted by atomic mass is 10.3. The summed E-state index contributed by atoms with van der Waals surface area (Å²) in [6, 6.07) is 2.89. The highest BCUT2D eigenvalue weighted by molar-refractivity contribution is 5.46. The summed E-state index contributed by atoms with van der Waals surface area (Å²) in [4.78, 5) is 16.2. The fraction of sp³-hybridized carbons (Fsp3) is 0.444. The topological polar surface area (TPSA) is 59.3 Å². The van der Waals surface area contributed by atoms with E-state index in [9.17, 15) is 10.1 Å². The molecule has 1 aromatic heterocycles. The standard InChI is InChI=1S/C9H13N3O2/c1-3-11(4-2)9-7-8(12(13)14)5-6-10-9/h5-7H,3-4H2,1-2H3. The number of nitrogens with zero attached hydrogens (tertiary/aromatic N) is 3. The van der Waals surface area contributed by atoms with Crippen LogP contribution in [0.5, 0.6) is 0 Å². The average Bonchev–Trinajstić information content (AvgIpc) is 2.20. The van der Waals surface area contributed by atoms with Crippen LogP contribution in [-0.4, -0.2) is 23.0 Å². The van der Waals surface area contributed by atoms with Crippen LogP contribution in [0.4, 0.5) is 11.5 Å². The molecule has 14 heavy (non-hydrogen) atoms. The van der Waals surface area contributed by atoms with Crippen molar-refractivity contribution in [3.63, 3.8) is 0 Å². The molecule has 0 bridgehead atoms. The van der Waals surface area contributed by atoms with Crippen LogP contribution < -0.4 is 4.90 Å². The number of anilines is 1. The molecule has 0 N–H and O–H groups in total. The van der Waals surface area contributed by atoms with Crippen molar-refractivity contribution in [2.45, 2.75) is 13.8 Å². The molecule has 1 aromatic rings. The molecule has 76 valence electrons. The van der Waals surface area contributed by atoms with E-state index in [1.165, 1.54) is 18.3 Å². The van der Waals surface area contributed by atoms with Crippen molar-refractivity contribution in [3.05, 3.63) is 28.4 Å². The van der Waals surface area contributed by atoms with E-state index >= 15 is 0 Å². The number of rotatable bonds is 4. The molecule has 0 aliphatic heterocycles. The Labute approximate surface area is 82.5 Å². The lowest BCUT2D eigenvalue weighted by molar-refractivity contribution is -0.384. The maximum absolute atomic E-state index is 10.5. The van der Waals surface area contributed by atoms with Crippen LogP contribution in [0.25, 0.3) is 0 Å². The largest absolute Gasteiger partial charge is 0.357 e. The highest BCUT2D eigenvalue weighted by Crippen LogP contribution is 2.17. The first-order valence-corrected chi connectivity index (χ1v) is 4.54. The van der Waals surface area contributed by atoms with Gasteiger partial charge >= 0.3 is 0 Å². The summed E-state index contributed by atoms with van der Waals surface area (Å²) in [6.45, 7) is 5.57. The lowest BCUT2D eigenvalue weighted by Crippen LogP contribution is -2.22. The van der Waals surface area contributed by atoms with E-state index in [0.717, 1.165) is 13.1 Å². The zero-order valence-electron chi connectivity index (χ0n) is 8.30. The smallest absolute Gasteiger partial charge is 0.274 e. The van der Waals surface area contributed by atoms with Gasteiger partial charge in [0.25, 0.3) is 5.69 Å². The van der Waals surface area contributed by atoms with Crippen LogP contribution in [-0.2, 0) is 0 Å². The Hall–Kier alpha value is -1.65. The third-order valence-electron chi connectivity index (χ3n) is 2.03. The van der Waals surface area contributed by atoms with Gasteiger partial charge in [-0.15, -0.1) is 0 Å². The Bertz CT molecular complexity index is 324. The first-order valence-electron chi connectivity index (χ1n) is 4.54. The van der Waals surface area contributed by atoms with Gasteiger partial charge in [-0.3, -0.25) is 10.1 Å². The molecule has 1 heterocycles. The van der Waals surface area contributed by atoms with Gasteiger partial charge in [0.05, 0.1) is 11.0 Å². The van der Waals surface area contributed by atoms with Crippen LogP contribution in [0.15, 0.2) is 18.3 Å². The number of nitro groups is 1. The van der Waals surface area contributed by atoms with Crippen LogP contribution in [0.3, 0.4) is 0 Å². The lowest BCUT2D eigenvalue weighted by Gasteiger charge is -2.18. The summed E-state index contributed by atoms with van der Waals surface area (Å²) >= 11 is 0. The number of pyridine rings is 1. The monoisotopic (exact) mass is 195 g/mol. The summed E-state index contributed by atoms with van der Waals surface area (Å²) in [6.07, 6.45) is 1.46. The molecule has 0 unspecified atom stereocenters. The maximum atomic E-state index is 10.5. The summed E-state index contributed by atoms with van der Waals surface area (Å²) in [7, 11) is 0. The van der Waals surface area contributed by atoms with Gasteiger partial charge in [0.1, 0.15) is 5.82 Å². The molecule has 0 atom stereocenters. The molecule has 0 radical (unpaired) electrons. The first kappa shape index (κ1) is 10.4. The molecule has 0 saturated heterocycles. The predicted molar refractivity (Wildman–Crippen MR) is 54.5 cm³/mol. The molecule has 0 aliphatic carbocycles. The normalized spacial score (nSPS) is 9.86. The van der Waals surface area contributed by atoms with Gasteiger partial charge in [-0.05, 0) is 13.8 Å². The zero-order valence-corrected chi connectivity index (χ0v) is 8.30. The quantitative estimate of drug-likeness (QED) is 0.543. The predicted octanol–water partition coefficient (Wildman–Crippen LogP) is 1.84. The molecule has 0 saturated carbocycles. The van der Waals surface area contributed by atoms with Crippen molar-refractivity contribution in [2.24, 2.45) is 0 Å². The molecule has 0 amide bonds. The van der Waals surface area contributed by atoms with Gasteiger partial charge in [0.2, 0.25) is 0 Å². The molecule has 5 heteroatoms. The van der Waals surface area contributed by atoms with E-state index in [0.29, 0.717) is 5.82 Å². The number of hydrogen-bond donors (Lipinski definition) is 0. The van der Waals surface area contributed by atoms with Crippen LogP contribution in [0.2, 0.25) is 0 Å². The summed E-state index contributed by atoms with van der Waals surface area (Å²) in [5.41, 5.74) is 0.0851. The fourth-order valence-electron chi connectivity index (χ4n) is 1.24. The Kier molecular flexibility index (Phi) is 3.39. The Morgan fingerprint density at radius 1 is 1.50 bits per heavy atom. The minimum atomic E-state index is -0.408. The van der Waals surface area contributed by atoms with Crippen LogP contribution in [0, 0.1) is 10.1 Å². The van der Waals surface area contributed by atoms with Crippen molar-refractivity contribution in [1.82, 2.24) is 4.98 Å². The molecule has 1 rings (SSSR count). The van der Waals surface area contributed by atoms with Gasteiger partial charge in [-0.2, -0.15) is 0 Å². The van der Waals surface area contributed by atoms with Crippen LogP contribution in [0.1, 0.15) is 13.8 Å². The second-order valence-electron chi connectivity index (χ2n) is 2.80. The Morgan fingerprint density at radius 2 is 2.14 bits per heavy atom. The fourth-order valence-corrected chi connectivity index (χ4v) is 1.24. The van der Waals surface area contributed by atoms with E-state index in [1.54, 1.807) is 0 Å². The molecule has 0 spiro atoms. The summed E-state index contributed by atoms with van der Waals surface area (Å²) in [5.74, 6) is 0.657. The Morgan fingerprint density at radius 3 is 2.64 bits per heavy atom. The molecule has 5 nitrogen and oxygen atoms in total. The average molecular weight is 195 g/mol. The minimum Gasteiger partial charge on any atom is -0.357 e.